The summed E-state index contributed by atoms with van der Waals surface area (Å²) in [6, 6.07) is 16.2. The Kier molecular flexibility index (Phi) is 3.94. The number of benzene rings is 3. The van der Waals surface area contributed by atoms with E-state index < -0.39 is 21.6 Å². The van der Waals surface area contributed by atoms with Gasteiger partial charge in [0, 0.05) is 11.5 Å². The second kappa shape index (κ2) is 6.19. The Bertz CT molecular complexity index is 1250. The first-order chi connectivity index (χ1) is 12.8. The minimum Gasteiger partial charge on any atom is -0.505 e. The molecule has 1 heterocycles. The number of nitrogens with two attached hydrogens (primary N) is 1. The van der Waals surface area contributed by atoms with Crippen molar-refractivity contribution in [2.24, 2.45) is 5.14 Å². The van der Waals surface area contributed by atoms with Crippen LogP contribution in [-0.2, 0) is 10.0 Å². The lowest BCUT2D eigenvalue weighted by Crippen LogP contribution is -2.11. The van der Waals surface area contributed by atoms with E-state index >= 15 is 0 Å². The number of halogens is 1. The first-order valence-electron chi connectivity index (χ1n) is 7.93. The Balaban J connectivity index is 1.70. The van der Waals surface area contributed by atoms with E-state index in [9.17, 15) is 17.9 Å². The standard InChI is InChI=1S/C19H14FN3O3S/c20-17-9-14-11-22-23(18(14)10-19(17)24)15-5-1-12(2-6-15)13-3-7-16(8-4-13)27(21,25)26/h1-11,24H,(H2,21,25,26). The van der Waals surface area contributed by atoms with Crippen LogP contribution < -0.4 is 5.14 Å². The molecule has 0 aliphatic rings. The van der Waals surface area contributed by atoms with Gasteiger partial charge in [0.15, 0.2) is 11.6 Å². The number of sulfonamides is 1. The van der Waals surface area contributed by atoms with Gasteiger partial charge in [-0.25, -0.2) is 22.6 Å². The largest absolute Gasteiger partial charge is 0.505 e. The highest BCUT2D eigenvalue weighted by Crippen LogP contribution is 2.27. The topological polar surface area (TPSA) is 98.2 Å². The number of nitrogens with zero attached hydrogens (tertiary/aromatic N) is 2. The number of aromatic nitrogens is 2. The minimum absolute atomic E-state index is 0.0536. The third-order valence-electron chi connectivity index (χ3n) is 4.26. The van der Waals surface area contributed by atoms with Crippen LogP contribution in [0, 0.1) is 5.82 Å². The van der Waals surface area contributed by atoms with Crippen molar-refractivity contribution in [3.63, 3.8) is 0 Å². The van der Waals surface area contributed by atoms with Gasteiger partial charge in [-0.05, 0) is 41.5 Å². The fourth-order valence-corrected chi connectivity index (χ4v) is 3.39. The second-order valence-electron chi connectivity index (χ2n) is 6.04. The number of phenolic OH excluding ortho intramolecular Hbond substituents is 1. The van der Waals surface area contributed by atoms with Crippen molar-refractivity contribution in [2.45, 2.75) is 4.90 Å². The molecule has 0 amide bonds. The van der Waals surface area contributed by atoms with Crippen LogP contribution in [0.5, 0.6) is 5.75 Å². The Morgan fingerprint density at radius 2 is 1.56 bits per heavy atom. The van der Waals surface area contributed by atoms with Crippen molar-refractivity contribution < 1.29 is 17.9 Å². The lowest BCUT2D eigenvalue weighted by Gasteiger charge is -2.07. The molecular formula is C19H14FN3O3S. The monoisotopic (exact) mass is 383 g/mol. The Morgan fingerprint density at radius 3 is 2.15 bits per heavy atom. The molecule has 4 rings (SSSR count). The summed E-state index contributed by atoms with van der Waals surface area (Å²) in [5.74, 6) is -1.13. The highest BCUT2D eigenvalue weighted by Gasteiger charge is 2.11. The van der Waals surface area contributed by atoms with E-state index in [-0.39, 0.29) is 4.90 Å². The molecule has 1 aromatic heterocycles. The van der Waals surface area contributed by atoms with E-state index in [1.165, 1.54) is 30.5 Å². The van der Waals surface area contributed by atoms with Gasteiger partial charge >= 0.3 is 0 Å². The van der Waals surface area contributed by atoms with Gasteiger partial charge in [0.05, 0.1) is 22.3 Å². The van der Waals surface area contributed by atoms with Crippen LogP contribution in [0.15, 0.2) is 71.8 Å². The lowest BCUT2D eigenvalue weighted by molar-refractivity contribution is 0.433. The van der Waals surface area contributed by atoms with Crippen LogP contribution in [0.1, 0.15) is 0 Å². The molecule has 0 radical (unpaired) electrons. The third kappa shape index (κ3) is 3.16. The van der Waals surface area contributed by atoms with Gasteiger partial charge in [-0.15, -0.1) is 0 Å². The summed E-state index contributed by atoms with van der Waals surface area (Å²) in [6.45, 7) is 0. The van der Waals surface area contributed by atoms with E-state index in [0.29, 0.717) is 10.9 Å². The van der Waals surface area contributed by atoms with Gasteiger partial charge in [0.2, 0.25) is 10.0 Å². The smallest absolute Gasteiger partial charge is 0.238 e. The number of hydrogen-bond acceptors (Lipinski definition) is 4. The van der Waals surface area contributed by atoms with Crippen molar-refractivity contribution in [2.75, 3.05) is 0 Å². The van der Waals surface area contributed by atoms with Gasteiger partial charge in [-0.2, -0.15) is 5.10 Å². The maximum atomic E-state index is 13.5. The second-order valence-corrected chi connectivity index (χ2v) is 7.60. The number of hydrogen-bond donors (Lipinski definition) is 2. The summed E-state index contributed by atoms with van der Waals surface area (Å²) >= 11 is 0. The molecule has 0 spiro atoms. The van der Waals surface area contributed by atoms with Crippen molar-refractivity contribution in [1.29, 1.82) is 0 Å². The molecule has 0 saturated carbocycles. The molecule has 6 nitrogen and oxygen atoms in total. The van der Waals surface area contributed by atoms with E-state index in [4.69, 9.17) is 5.14 Å². The molecule has 0 unspecified atom stereocenters. The van der Waals surface area contributed by atoms with Gasteiger partial charge < -0.3 is 5.11 Å². The first-order valence-corrected chi connectivity index (χ1v) is 9.47. The fraction of sp³-hybridized carbons (Fsp3) is 0. The van der Waals surface area contributed by atoms with Crippen LogP contribution in [0.4, 0.5) is 4.39 Å². The van der Waals surface area contributed by atoms with E-state index in [0.717, 1.165) is 16.8 Å². The summed E-state index contributed by atoms with van der Waals surface area (Å²) in [5, 5.41) is 19.5. The van der Waals surface area contributed by atoms with Gasteiger partial charge in [0.1, 0.15) is 0 Å². The zero-order valence-electron chi connectivity index (χ0n) is 13.9. The highest BCUT2D eigenvalue weighted by atomic mass is 32.2. The summed E-state index contributed by atoms with van der Waals surface area (Å²) in [4.78, 5) is 0.0536. The molecule has 4 aromatic rings. The van der Waals surface area contributed by atoms with Gasteiger partial charge in [-0.3, -0.25) is 0 Å². The quantitative estimate of drug-likeness (QED) is 0.568. The maximum Gasteiger partial charge on any atom is 0.238 e. The average Bonchev–Trinajstić information content (AvgIpc) is 3.04. The SMILES string of the molecule is NS(=O)(=O)c1ccc(-c2ccc(-n3ncc4cc(F)c(O)cc43)cc2)cc1. The minimum atomic E-state index is -3.72. The Hall–Kier alpha value is -3.23. The third-order valence-corrected chi connectivity index (χ3v) is 5.19. The molecular weight excluding hydrogens is 369 g/mol. The van der Waals surface area contributed by atoms with Crippen molar-refractivity contribution in [3.05, 3.63) is 72.7 Å². The predicted octanol–water partition coefficient (Wildman–Crippen LogP) is 3.18. The number of phenols is 1. The van der Waals surface area contributed by atoms with Crippen molar-refractivity contribution >= 4 is 20.9 Å². The van der Waals surface area contributed by atoms with E-state index in [1.807, 2.05) is 24.3 Å². The molecule has 0 bridgehead atoms. The molecule has 3 N–H and O–H groups in total. The van der Waals surface area contributed by atoms with E-state index in [2.05, 4.69) is 5.10 Å². The van der Waals surface area contributed by atoms with Crippen molar-refractivity contribution in [3.8, 4) is 22.6 Å². The Morgan fingerprint density at radius 1 is 0.963 bits per heavy atom. The summed E-state index contributed by atoms with van der Waals surface area (Å²) in [7, 11) is -3.72. The number of primary sulfonamides is 1. The number of rotatable bonds is 3. The highest BCUT2D eigenvalue weighted by molar-refractivity contribution is 7.89. The van der Waals surface area contributed by atoms with Crippen LogP contribution in [0.2, 0.25) is 0 Å². The normalized spacial score (nSPS) is 11.8. The van der Waals surface area contributed by atoms with Crippen LogP contribution in [-0.4, -0.2) is 23.3 Å². The maximum absolute atomic E-state index is 13.5. The van der Waals surface area contributed by atoms with Crippen LogP contribution in [0.3, 0.4) is 0 Å². The molecule has 0 aliphatic carbocycles. The zero-order chi connectivity index (χ0) is 19.2. The van der Waals surface area contributed by atoms with Gasteiger partial charge in [-0.1, -0.05) is 24.3 Å². The number of aromatic hydroxyl groups is 1. The molecule has 0 saturated heterocycles. The molecule has 0 atom stereocenters. The lowest BCUT2D eigenvalue weighted by atomic mass is 10.1. The van der Waals surface area contributed by atoms with E-state index in [1.54, 1.807) is 16.8 Å². The van der Waals surface area contributed by atoms with Crippen molar-refractivity contribution in [1.82, 2.24) is 9.78 Å². The Labute approximate surface area is 154 Å². The van der Waals surface area contributed by atoms with Crippen LogP contribution in [0.25, 0.3) is 27.7 Å². The van der Waals surface area contributed by atoms with Crippen LogP contribution >= 0.6 is 0 Å². The molecule has 27 heavy (non-hydrogen) atoms. The molecule has 3 aromatic carbocycles. The first kappa shape index (κ1) is 17.2. The zero-order valence-corrected chi connectivity index (χ0v) is 14.7. The number of fused-ring (bicyclic) bond motifs is 1. The summed E-state index contributed by atoms with van der Waals surface area (Å²) in [6.07, 6.45) is 1.53. The molecule has 0 aliphatic heterocycles. The molecule has 136 valence electrons. The average molecular weight is 383 g/mol. The molecule has 8 heteroatoms. The fourth-order valence-electron chi connectivity index (χ4n) is 2.87. The van der Waals surface area contributed by atoms with Gasteiger partial charge in [0.25, 0.3) is 0 Å². The summed E-state index contributed by atoms with van der Waals surface area (Å²) < 4.78 is 37.7. The summed E-state index contributed by atoms with van der Waals surface area (Å²) in [5.41, 5.74) is 3.03. The predicted molar refractivity (Wildman–Crippen MR) is 99.5 cm³/mol. The molecule has 0 fully saturated rings.